The number of nitrogens with one attached hydrogen (secondary N) is 1. The van der Waals surface area contributed by atoms with Crippen molar-refractivity contribution in [1.29, 1.82) is 5.26 Å². The summed E-state index contributed by atoms with van der Waals surface area (Å²) in [5.41, 5.74) is 1.72. The van der Waals surface area contributed by atoms with E-state index in [9.17, 15) is 10.1 Å². The van der Waals surface area contributed by atoms with Gasteiger partial charge in [0, 0.05) is 0 Å². The van der Waals surface area contributed by atoms with Crippen molar-refractivity contribution < 1.29 is 9.53 Å². The van der Waals surface area contributed by atoms with E-state index in [1.165, 1.54) is 0 Å². The van der Waals surface area contributed by atoms with Crippen LogP contribution >= 0.6 is 31.9 Å². The van der Waals surface area contributed by atoms with Crippen molar-refractivity contribution in [3.63, 3.8) is 0 Å². The molecule has 0 aliphatic carbocycles. The number of ether oxygens (including phenoxy) is 1. The molecule has 0 aromatic heterocycles. The number of rotatable bonds is 5. The Hall–Kier alpha value is -2.10. The second-order valence-corrected chi connectivity index (χ2v) is 7.00. The van der Waals surface area contributed by atoms with Crippen molar-refractivity contribution in [3.05, 3.63) is 68.1 Å². The van der Waals surface area contributed by atoms with E-state index in [1.807, 2.05) is 43.3 Å². The number of nitrogens with zero attached hydrogens (tertiary/aromatic N) is 1. The van der Waals surface area contributed by atoms with E-state index >= 15 is 0 Å². The molecule has 128 valence electrons. The van der Waals surface area contributed by atoms with Crippen molar-refractivity contribution in [2.45, 2.75) is 13.0 Å². The molecule has 2 aromatic carbocycles. The second-order valence-electron chi connectivity index (χ2n) is 5.29. The lowest BCUT2D eigenvalue weighted by Crippen LogP contribution is -2.27. The number of amides is 1. The summed E-state index contributed by atoms with van der Waals surface area (Å²) in [4.78, 5) is 12.4. The highest BCUT2D eigenvalue weighted by molar-refractivity contribution is 9.11. The first-order valence-electron chi connectivity index (χ1n) is 7.47. The maximum Gasteiger partial charge on any atom is 0.262 e. The third-order valence-corrected chi connectivity index (χ3v) is 4.73. The van der Waals surface area contributed by atoms with Gasteiger partial charge in [-0.15, -0.1) is 0 Å². The lowest BCUT2D eigenvalue weighted by atomic mass is 10.1. The molecular weight excluding hydrogens is 448 g/mol. The number of benzene rings is 2. The SMILES string of the molecule is COc1c(Br)cc(/C=C(\C#N)C(=O)N[C@H](C)c2ccccc2)cc1Br. The zero-order valence-corrected chi connectivity index (χ0v) is 16.9. The van der Waals surface area contributed by atoms with E-state index in [2.05, 4.69) is 37.2 Å². The third kappa shape index (κ3) is 4.94. The molecule has 6 heteroatoms. The van der Waals surface area contributed by atoms with Crippen LogP contribution in [0.25, 0.3) is 6.08 Å². The van der Waals surface area contributed by atoms with Gasteiger partial charge in [0.15, 0.2) is 0 Å². The topological polar surface area (TPSA) is 62.1 Å². The second kappa shape index (κ2) is 8.84. The van der Waals surface area contributed by atoms with Crippen LogP contribution in [-0.2, 0) is 4.79 Å². The predicted molar refractivity (Wildman–Crippen MR) is 105 cm³/mol. The fourth-order valence-electron chi connectivity index (χ4n) is 2.27. The van der Waals surface area contributed by atoms with Gasteiger partial charge in [-0.2, -0.15) is 5.26 Å². The maximum atomic E-state index is 12.4. The van der Waals surface area contributed by atoms with Crippen LogP contribution in [0.4, 0.5) is 0 Å². The Morgan fingerprint density at radius 3 is 2.36 bits per heavy atom. The zero-order chi connectivity index (χ0) is 18.4. The van der Waals surface area contributed by atoms with Crippen molar-refractivity contribution in [3.8, 4) is 11.8 Å². The first kappa shape index (κ1) is 19.2. The standard InChI is InChI=1S/C19H16Br2N2O2/c1-12(14-6-4-3-5-7-14)23-19(24)15(11-22)8-13-9-16(20)18(25-2)17(21)10-13/h3-10,12H,1-2H3,(H,23,24)/b15-8+/t12-/m1/s1. The quantitative estimate of drug-likeness (QED) is 0.501. The summed E-state index contributed by atoms with van der Waals surface area (Å²) in [5, 5.41) is 12.2. The molecule has 0 aliphatic heterocycles. The summed E-state index contributed by atoms with van der Waals surface area (Å²) in [7, 11) is 1.57. The largest absolute Gasteiger partial charge is 0.494 e. The maximum absolute atomic E-state index is 12.4. The molecule has 1 atom stereocenters. The Balaban J connectivity index is 2.23. The van der Waals surface area contributed by atoms with Crippen molar-refractivity contribution in [2.75, 3.05) is 7.11 Å². The molecule has 4 nitrogen and oxygen atoms in total. The van der Waals surface area contributed by atoms with Gasteiger partial charge in [-0.25, -0.2) is 0 Å². The molecule has 0 fully saturated rings. The van der Waals surface area contributed by atoms with Gasteiger partial charge in [0.25, 0.3) is 5.91 Å². The molecule has 0 unspecified atom stereocenters. The fourth-order valence-corrected chi connectivity index (χ4v) is 3.82. The van der Waals surface area contributed by atoms with Crippen LogP contribution in [0.15, 0.2) is 57.0 Å². The number of carbonyl (C=O) groups excluding carboxylic acids is 1. The first-order chi connectivity index (χ1) is 12.0. The summed E-state index contributed by atoms with van der Waals surface area (Å²) >= 11 is 6.82. The molecule has 0 saturated carbocycles. The van der Waals surface area contributed by atoms with E-state index < -0.39 is 5.91 Å². The highest BCUT2D eigenvalue weighted by atomic mass is 79.9. The molecule has 1 amide bonds. The summed E-state index contributed by atoms with van der Waals surface area (Å²) in [6, 6.07) is 14.9. The fraction of sp³-hybridized carbons (Fsp3) is 0.158. The minimum Gasteiger partial charge on any atom is -0.494 e. The Labute approximate surface area is 163 Å². The van der Waals surface area contributed by atoms with E-state index in [1.54, 1.807) is 25.3 Å². The first-order valence-corrected chi connectivity index (χ1v) is 9.05. The minimum atomic E-state index is -0.415. The van der Waals surface area contributed by atoms with Crippen LogP contribution < -0.4 is 10.1 Å². The summed E-state index contributed by atoms with van der Waals surface area (Å²) in [6.07, 6.45) is 1.54. The van der Waals surface area contributed by atoms with Crippen LogP contribution in [0.1, 0.15) is 24.1 Å². The highest BCUT2D eigenvalue weighted by Gasteiger charge is 2.14. The van der Waals surface area contributed by atoms with Gasteiger partial charge >= 0.3 is 0 Å². The van der Waals surface area contributed by atoms with E-state index in [4.69, 9.17) is 4.74 Å². The van der Waals surface area contributed by atoms with Gasteiger partial charge in [0.1, 0.15) is 17.4 Å². The smallest absolute Gasteiger partial charge is 0.262 e. The number of carbonyl (C=O) groups is 1. The van der Waals surface area contributed by atoms with Crippen molar-refractivity contribution in [1.82, 2.24) is 5.32 Å². The highest BCUT2D eigenvalue weighted by Crippen LogP contribution is 2.35. The molecule has 1 N–H and O–H groups in total. The molecule has 0 radical (unpaired) electrons. The Bertz CT molecular complexity index is 819. The predicted octanol–water partition coefficient (Wildman–Crippen LogP) is 5.00. The Morgan fingerprint density at radius 2 is 1.84 bits per heavy atom. The van der Waals surface area contributed by atoms with Crippen LogP contribution in [0.3, 0.4) is 0 Å². The van der Waals surface area contributed by atoms with Gasteiger partial charge in [0.2, 0.25) is 0 Å². The van der Waals surface area contributed by atoms with Gasteiger partial charge < -0.3 is 10.1 Å². The summed E-state index contributed by atoms with van der Waals surface area (Å²) < 4.78 is 6.71. The molecule has 0 bridgehead atoms. The molecule has 0 spiro atoms. The summed E-state index contributed by atoms with van der Waals surface area (Å²) in [6.45, 7) is 1.88. The lowest BCUT2D eigenvalue weighted by Gasteiger charge is -2.14. The molecular formula is C19H16Br2N2O2. The number of methoxy groups -OCH3 is 1. The van der Waals surface area contributed by atoms with Gasteiger partial charge in [-0.3, -0.25) is 4.79 Å². The Kier molecular flexibility index (Phi) is 6.80. The van der Waals surface area contributed by atoms with E-state index in [-0.39, 0.29) is 11.6 Å². The van der Waals surface area contributed by atoms with Gasteiger partial charge in [0.05, 0.1) is 22.1 Å². The number of hydrogen-bond donors (Lipinski definition) is 1. The lowest BCUT2D eigenvalue weighted by molar-refractivity contribution is -0.117. The molecule has 0 saturated heterocycles. The third-order valence-electron chi connectivity index (χ3n) is 3.55. The average molecular weight is 464 g/mol. The monoisotopic (exact) mass is 462 g/mol. The summed E-state index contributed by atoms with van der Waals surface area (Å²) in [5.74, 6) is 0.236. The molecule has 0 aliphatic rings. The van der Waals surface area contributed by atoms with E-state index in [0.29, 0.717) is 11.3 Å². The van der Waals surface area contributed by atoms with Crippen LogP contribution in [0.5, 0.6) is 5.75 Å². The van der Waals surface area contributed by atoms with Crippen molar-refractivity contribution >= 4 is 43.8 Å². The van der Waals surface area contributed by atoms with Crippen LogP contribution in [-0.4, -0.2) is 13.0 Å². The molecule has 25 heavy (non-hydrogen) atoms. The van der Waals surface area contributed by atoms with Gasteiger partial charge in [-0.05, 0) is 68.1 Å². The average Bonchev–Trinajstić information content (AvgIpc) is 2.60. The normalized spacial score (nSPS) is 12.2. The molecule has 0 heterocycles. The Morgan fingerprint density at radius 1 is 1.24 bits per heavy atom. The molecule has 2 rings (SSSR count). The molecule has 2 aromatic rings. The van der Waals surface area contributed by atoms with E-state index in [0.717, 1.165) is 14.5 Å². The number of nitriles is 1. The van der Waals surface area contributed by atoms with Crippen LogP contribution in [0.2, 0.25) is 0 Å². The number of hydrogen-bond acceptors (Lipinski definition) is 3. The zero-order valence-electron chi connectivity index (χ0n) is 13.7. The van der Waals surface area contributed by atoms with Crippen LogP contribution in [0, 0.1) is 11.3 Å². The number of halogens is 2. The van der Waals surface area contributed by atoms with Gasteiger partial charge in [-0.1, -0.05) is 30.3 Å². The minimum absolute atomic E-state index is 0.0340. The van der Waals surface area contributed by atoms with Crippen molar-refractivity contribution in [2.24, 2.45) is 0 Å².